The third-order valence-electron chi connectivity index (χ3n) is 2.45. The van der Waals surface area contributed by atoms with Gasteiger partial charge in [-0.1, -0.05) is 0 Å². The van der Waals surface area contributed by atoms with E-state index in [0.717, 1.165) is 31.9 Å². The first-order valence-corrected chi connectivity index (χ1v) is 4.70. The maximum atomic E-state index is 5.32. The normalized spacial score (nSPS) is 22.4. The molecule has 1 aromatic rings. The van der Waals surface area contributed by atoms with Crippen LogP contribution in [0, 0.1) is 6.92 Å². The van der Waals surface area contributed by atoms with Crippen LogP contribution in [0.15, 0.2) is 16.7 Å². The lowest BCUT2D eigenvalue weighted by Gasteiger charge is -2.08. The minimum atomic E-state index is 0.504. The molecule has 0 aliphatic carbocycles. The third kappa shape index (κ3) is 2.11. The van der Waals surface area contributed by atoms with Crippen molar-refractivity contribution in [2.24, 2.45) is 0 Å². The predicted molar refractivity (Wildman–Crippen MR) is 49.5 cm³/mol. The van der Waals surface area contributed by atoms with Gasteiger partial charge in [0.15, 0.2) is 0 Å². The Hall–Kier alpha value is -0.800. The number of aryl methyl sites for hydroxylation is 1. The summed E-state index contributed by atoms with van der Waals surface area (Å²) in [5.41, 5.74) is 1.21. The standard InChI is InChI=1S/C10H15NO2/c1-8-2-5-13-10(8)6-11-9-3-4-12-7-9/h2,5,9,11H,3-4,6-7H2,1H3. The van der Waals surface area contributed by atoms with E-state index in [1.807, 2.05) is 6.07 Å². The molecule has 1 fully saturated rings. The van der Waals surface area contributed by atoms with Crippen LogP contribution in [0.5, 0.6) is 0 Å². The van der Waals surface area contributed by atoms with E-state index in [2.05, 4.69) is 12.2 Å². The van der Waals surface area contributed by atoms with Crippen molar-refractivity contribution >= 4 is 0 Å². The Morgan fingerprint density at radius 1 is 1.62 bits per heavy atom. The van der Waals surface area contributed by atoms with Gasteiger partial charge in [-0.2, -0.15) is 0 Å². The molecule has 2 rings (SSSR count). The molecule has 0 radical (unpaired) electrons. The highest BCUT2D eigenvalue weighted by atomic mass is 16.5. The lowest BCUT2D eigenvalue weighted by Crippen LogP contribution is -2.28. The molecule has 1 saturated heterocycles. The topological polar surface area (TPSA) is 34.4 Å². The highest BCUT2D eigenvalue weighted by Gasteiger charge is 2.15. The molecule has 13 heavy (non-hydrogen) atoms. The Morgan fingerprint density at radius 2 is 2.54 bits per heavy atom. The van der Waals surface area contributed by atoms with Crippen molar-refractivity contribution in [3.63, 3.8) is 0 Å². The van der Waals surface area contributed by atoms with Crippen LogP contribution in [0.2, 0.25) is 0 Å². The van der Waals surface area contributed by atoms with Gasteiger partial charge >= 0.3 is 0 Å². The first-order valence-electron chi connectivity index (χ1n) is 4.70. The Labute approximate surface area is 78.1 Å². The van der Waals surface area contributed by atoms with E-state index in [1.54, 1.807) is 6.26 Å². The molecular weight excluding hydrogens is 166 g/mol. The highest BCUT2D eigenvalue weighted by molar-refractivity contribution is 5.14. The predicted octanol–water partition coefficient (Wildman–Crippen LogP) is 1.47. The molecule has 1 aliphatic rings. The van der Waals surface area contributed by atoms with Crippen LogP contribution in [-0.2, 0) is 11.3 Å². The molecule has 0 bridgehead atoms. The van der Waals surface area contributed by atoms with Crippen molar-refractivity contribution in [3.05, 3.63) is 23.7 Å². The van der Waals surface area contributed by atoms with Gasteiger partial charge in [0.25, 0.3) is 0 Å². The second-order valence-corrected chi connectivity index (χ2v) is 3.47. The third-order valence-corrected chi connectivity index (χ3v) is 2.45. The molecule has 1 aromatic heterocycles. The zero-order valence-corrected chi connectivity index (χ0v) is 7.88. The number of nitrogens with one attached hydrogen (secondary N) is 1. The Balaban J connectivity index is 1.82. The van der Waals surface area contributed by atoms with Gasteiger partial charge in [-0.25, -0.2) is 0 Å². The lowest BCUT2D eigenvalue weighted by molar-refractivity contribution is 0.189. The van der Waals surface area contributed by atoms with Crippen LogP contribution in [0.3, 0.4) is 0 Å². The van der Waals surface area contributed by atoms with Crippen molar-refractivity contribution in [2.75, 3.05) is 13.2 Å². The first-order chi connectivity index (χ1) is 6.36. The van der Waals surface area contributed by atoms with Crippen LogP contribution in [0.25, 0.3) is 0 Å². The molecule has 0 aromatic carbocycles. The van der Waals surface area contributed by atoms with E-state index < -0.39 is 0 Å². The average Bonchev–Trinajstić information content (AvgIpc) is 2.72. The summed E-state index contributed by atoms with van der Waals surface area (Å²) in [7, 11) is 0. The van der Waals surface area contributed by atoms with Gasteiger partial charge < -0.3 is 14.5 Å². The molecule has 1 atom stereocenters. The Bertz CT molecular complexity index is 264. The monoisotopic (exact) mass is 181 g/mol. The van der Waals surface area contributed by atoms with E-state index in [1.165, 1.54) is 5.56 Å². The molecule has 3 nitrogen and oxygen atoms in total. The summed E-state index contributed by atoms with van der Waals surface area (Å²) in [4.78, 5) is 0. The summed E-state index contributed by atoms with van der Waals surface area (Å²) in [6, 6.07) is 2.49. The SMILES string of the molecule is Cc1ccoc1CNC1CCOC1. The molecule has 0 amide bonds. The second-order valence-electron chi connectivity index (χ2n) is 3.47. The van der Waals surface area contributed by atoms with E-state index >= 15 is 0 Å². The summed E-state index contributed by atoms with van der Waals surface area (Å²) in [6.07, 6.45) is 2.84. The summed E-state index contributed by atoms with van der Waals surface area (Å²) in [6.45, 7) is 4.59. The van der Waals surface area contributed by atoms with E-state index in [4.69, 9.17) is 9.15 Å². The smallest absolute Gasteiger partial charge is 0.120 e. The fourth-order valence-corrected chi connectivity index (χ4v) is 1.52. The molecule has 0 spiro atoms. The van der Waals surface area contributed by atoms with Gasteiger partial charge in [-0.05, 0) is 25.0 Å². The number of hydrogen-bond donors (Lipinski definition) is 1. The molecule has 1 aliphatic heterocycles. The van der Waals surface area contributed by atoms with Gasteiger partial charge in [-0.15, -0.1) is 0 Å². The molecule has 0 saturated carbocycles. The maximum absolute atomic E-state index is 5.32. The highest BCUT2D eigenvalue weighted by Crippen LogP contribution is 2.10. The largest absolute Gasteiger partial charge is 0.468 e. The zero-order valence-electron chi connectivity index (χ0n) is 7.88. The summed E-state index contributed by atoms with van der Waals surface area (Å²) >= 11 is 0. The van der Waals surface area contributed by atoms with E-state index in [-0.39, 0.29) is 0 Å². The molecule has 3 heteroatoms. The molecule has 72 valence electrons. The van der Waals surface area contributed by atoms with Crippen molar-refractivity contribution in [2.45, 2.75) is 25.9 Å². The van der Waals surface area contributed by atoms with Gasteiger partial charge in [-0.3, -0.25) is 0 Å². The van der Waals surface area contributed by atoms with Crippen molar-refractivity contribution in [1.29, 1.82) is 0 Å². The lowest BCUT2D eigenvalue weighted by atomic mass is 10.2. The number of hydrogen-bond acceptors (Lipinski definition) is 3. The fourth-order valence-electron chi connectivity index (χ4n) is 1.52. The maximum Gasteiger partial charge on any atom is 0.120 e. The van der Waals surface area contributed by atoms with Crippen LogP contribution in [0.1, 0.15) is 17.7 Å². The van der Waals surface area contributed by atoms with Crippen molar-refractivity contribution < 1.29 is 9.15 Å². The van der Waals surface area contributed by atoms with Crippen LogP contribution >= 0.6 is 0 Å². The van der Waals surface area contributed by atoms with Crippen LogP contribution in [-0.4, -0.2) is 19.3 Å². The Morgan fingerprint density at radius 3 is 3.15 bits per heavy atom. The Kier molecular flexibility index (Phi) is 2.66. The number of furan rings is 1. The quantitative estimate of drug-likeness (QED) is 0.766. The van der Waals surface area contributed by atoms with Crippen molar-refractivity contribution in [1.82, 2.24) is 5.32 Å². The zero-order chi connectivity index (χ0) is 9.10. The van der Waals surface area contributed by atoms with Crippen molar-refractivity contribution in [3.8, 4) is 0 Å². The molecule has 2 heterocycles. The summed E-state index contributed by atoms with van der Waals surface area (Å²) < 4.78 is 10.6. The fraction of sp³-hybridized carbons (Fsp3) is 0.600. The van der Waals surface area contributed by atoms with Gasteiger partial charge in [0.05, 0.1) is 19.4 Å². The average molecular weight is 181 g/mol. The second kappa shape index (κ2) is 3.94. The summed E-state index contributed by atoms with van der Waals surface area (Å²) in [5, 5.41) is 3.41. The minimum absolute atomic E-state index is 0.504. The van der Waals surface area contributed by atoms with Crippen LogP contribution in [0.4, 0.5) is 0 Å². The minimum Gasteiger partial charge on any atom is -0.468 e. The van der Waals surface area contributed by atoms with E-state index in [0.29, 0.717) is 6.04 Å². The molecular formula is C10H15NO2. The van der Waals surface area contributed by atoms with Gasteiger partial charge in [0, 0.05) is 12.6 Å². The molecule has 1 N–H and O–H groups in total. The number of rotatable bonds is 3. The van der Waals surface area contributed by atoms with Gasteiger partial charge in [0.1, 0.15) is 5.76 Å². The summed E-state index contributed by atoms with van der Waals surface area (Å²) in [5.74, 6) is 1.03. The number of ether oxygens (including phenoxy) is 1. The molecule has 1 unspecified atom stereocenters. The van der Waals surface area contributed by atoms with E-state index in [9.17, 15) is 0 Å². The van der Waals surface area contributed by atoms with Crippen LogP contribution < -0.4 is 5.32 Å². The van der Waals surface area contributed by atoms with Gasteiger partial charge in [0.2, 0.25) is 0 Å². The first kappa shape index (κ1) is 8.78.